The molecule has 1 amide bonds. The Morgan fingerprint density at radius 3 is 3.12 bits per heavy atom. The van der Waals surface area contributed by atoms with Gasteiger partial charge in [-0.2, -0.15) is 0 Å². The summed E-state index contributed by atoms with van der Waals surface area (Å²) >= 11 is 6.07. The number of imidazole rings is 1. The number of benzene rings is 1. The summed E-state index contributed by atoms with van der Waals surface area (Å²) in [6, 6.07) is 5.27. The maximum absolute atomic E-state index is 12.9. The van der Waals surface area contributed by atoms with Crippen LogP contribution in [0.2, 0.25) is 5.02 Å². The van der Waals surface area contributed by atoms with E-state index in [9.17, 15) is 9.59 Å². The number of carbonyl (C=O) groups is 1. The lowest BCUT2D eigenvalue weighted by molar-refractivity contribution is -0.118. The molecule has 0 spiro atoms. The maximum atomic E-state index is 12.9. The van der Waals surface area contributed by atoms with Crippen molar-refractivity contribution in [1.29, 1.82) is 0 Å². The van der Waals surface area contributed by atoms with Crippen LogP contribution in [0, 0.1) is 0 Å². The molecule has 0 fully saturated rings. The first kappa shape index (κ1) is 15.7. The Balaban J connectivity index is 1.71. The highest BCUT2D eigenvalue weighted by atomic mass is 35.5. The van der Waals surface area contributed by atoms with Gasteiger partial charge in [0.05, 0.1) is 41.6 Å². The van der Waals surface area contributed by atoms with Crippen molar-refractivity contribution < 1.29 is 9.53 Å². The molecule has 1 unspecified atom stereocenters. The quantitative estimate of drug-likeness (QED) is 0.736. The molecule has 1 atom stereocenters. The van der Waals surface area contributed by atoms with Gasteiger partial charge in [0.1, 0.15) is 5.75 Å². The Morgan fingerprint density at radius 2 is 2.28 bits per heavy atom. The molecular weight excluding hydrogens is 344 g/mol. The monoisotopic (exact) mass is 358 g/mol. The molecule has 7 nitrogen and oxygen atoms in total. The number of aryl methyl sites for hydroxylation is 1. The van der Waals surface area contributed by atoms with Crippen LogP contribution in [-0.4, -0.2) is 27.0 Å². The van der Waals surface area contributed by atoms with E-state index in [2.05, 4.69) is 15.3 Å². The lowest BCUT2D eigenvalue weighted by atomic mass is 9.92. The zero-order valence-electron chi connectivity index (χ0n) is 13.4. The smallest absolute Gasteiger partial charge is 0.326 e. The largest absolute Gasteiger partial charge is 0.493 e. The number of anilines is 1. The minimum Gasteiger partial charge on any atom is -0.493 e. The van der Waals surface area contributed by atoms with Crippen LogP contribution in [0.1, 0.15) is 17.9 Å². The van der Waals surface area contributed by atoms with Crippen molar-refractivity contribution in [3.63, 3.8) is 0 Å². The zero-order valence-corrected chi connectivity index (χ0v) is 14.1. The minimum atomic E-state index is -0.381. The number of aromatic nitrogens is 3. The van der Waals surface area contributed by atoms with Crippen LogP contribution < -0.4 is 15.7 Å². The number of H-pyrrole nitrogens is 1. The summed E-state index contributed by atoms with van der Waals surface area (Å²) in [5.41, 5.74) is 2.16. The number of hydrogen-bond donors (Lipinski definition) is 2. The van der Waals surface area contributed by atoms with E-state index < -0.39 is 0 Å². The van der Waals surface area contributed by atoms with Crippen LogP contribution in [0.5, 0.6) is 5.75 Å². The standard InChI is InChI=1S/C17H15ClN4O3/c1-22-15-12(7-19-8-13(15)21-17(22)24)20-16(23)10-4-5-25-14-3-2-9(18)6-11(10)14/h2-3,6-8,10H,4-5H2,1H3,(H,20,23)(H,21,24). The molecule has 0 radical (unpaired) electrons. The van der Waals surface area contributed by atoms with Crippen LogP contribution in [0.25, 0.3) is 11.0 Å². The fourth-order valence-electron chi connectivity index (χ4n) is 3.16. The van der Waals surface area contributed by atoms with Gasteiger partial charge in [-0.25, -0.2) is 4.79 Å². The molecule has 8 heteroatoms. The normalized spacial score (nSPS) is 16.3. The average Bonchev–Trinajstić information content (AvgIpc) is 2.89. The average molecular weight is 359 g/mol. The molecule has 0 saturated heterocycles. The van der Waals surface area contributed by atoms with Crippen molar-refractivity contribution in [3.05, 3.63) is 51.7 Å². The number of carbonyl (C=O) groups excluding carboxylic acids is 1. The van der Waals surface area contributed by atoms with Crippen molar-refractivity contribution >= 4 is 34.2 Å². The summed E-state index contributed by atoms with van der Waals surface area (Å²) in [5, 5.41) is 3.44. The highest BCUT2D eigenvalue weighted by molar-refractivity contribution is 6.30. The van der Waals surface area contributed by atoms with Crippen molar-refractivity contribution in [2.75, 3.05) is 11.9 Å². The van der Waals surface area contributed by atoms with Crippen LogP contribution in [0.4, 0.5) is 5.69 Å². The molecule has 0 saturated carbocycles. The summed E-state index contributed by atoms with van der Waals surface area (Å²) in [7, 11) is 1.64. The number of pyridine rings is 1. The lowest BCUT2D eigenvalue weighted by Crippen LogP contribution is -2.27. The lowest BCUT2D eigenvalue weighted by Gasteiger charge is -2.25. The molecule has 128 valence electrons. The SMILES string of the molecule is Cn1c(=O)[nH]c2cncc(NC(=O)C3CCOc4ccc(Cl)cc43)c21. The molecule has 3 aromatic rings. The van der Waals surface area contributed by atoms with E-state index in [1.54, 1.807) is 31.4 Å². The van der Waals surface area contributed by atoms with Gasteiger partial charge in [0, 0.05) is 17.6 Å². The summed E-state index contributed by atoms with van der Waals surface area (Å²) < 4.78 is 7.05. The highest BCUT2D eigenvalue weighted by Gasteiger charge is 2.28. The number of aromatic amines is 1. The Morgan fingerprint density at radius 1 is 1.44 bits per heavy atom. The predicted molar refractivity (Wildman–Crippen MR) is 94.3 cm³/mol. The molecular formula is C17H15ClN4O3. The van der Waals surface area contributed by atoms with Crippen LogP contribution >= 0.6 is 11.6 Å². The molecule has 2 N–H and O–H groups in total. The van der Waals surface area contributed by atoms with Crippen molar-refractivity contribution in [2.24, 2.45) is 7.05 Å². The van der Waals surface area contributed by atoms with Gasteiger partial charge in [-0.15, -0.1) is 0 Å². The number of amides is 1. The number of rotatable bonds is 2. The second kappa shape index (κ2) is 5.93. The number of nitrogens with zero attached hydrogens (tertiary/aromatic N) is 2. The second-order valence-corrected chi connectivity index (χ2v) is 6.37. The van der Waals surface area contributed by atoms with Gasteiger partial charge < -0.3 is 15.0 Å². The number of hydrogen-bond acceptors (Lipinski definition) is 4. The fourth-order valence-corrected chi connectivity index (χ4v) is 3.34. The van der Waals surface area contributed by atoms with E-state index in [-0.39, 0.29) is 17.5 Å². The fraction of sp³-hybridized carbons (Fsp3) is 0.235. The Hall–Kier alpha value is -2.80. The third kappa shape index (κ3) is 2.66. The molecule has 1 aromatic carbocycles. The van der Waals surface area contributed by atoms with E-state index in [1.807, 2.05) is 0 Å². The van der Waals surface area contributed by atoms with Crippen LogP contribution in [0.3, 0.4) is 0 Å². The summed E-state index contributed by atoms with van der Waals surface area (Å²) in [6.07, 6.45) is 3.64. The third-order valence-corrected chi connectivity index (χ3v) is 4.62. The van der Waals surface area contributed by atoms with Gasteiger partial charge in [-0.05, 0) is 24.6 Å². The molecule has 0 aliphatic carbocycles. The van der Waals surface area contributed by atoms with Gasteiger partial charge in [0.15, 0.2) is 0 Å². The molecule has 4 rings (SSSR count). The molecule has 1 aliphatic rings. The summed E-state index contributed by atoms with van der Waals surface area (Å²) in [5.74, 6) is 0.101. The van der Waals surface area contributed by atoms with Crippen molar-refractivity contribution in [2.45, 2.75) is 12.3 Å². The number of halogens is 1. The van der Waals surface area contributed by atoms with E-state index in [4.69, 9.17) is 16.3 Å². The zero-order chi connectivity index (χ0) is 17.6. The molecule has 3 heterocycles. The van der Waals surface area contributed by atoms with E-state index in [0.29, 0.717) is 40.5 Å². The second-order valence-electron chi connectivity index (χ2n) is 5.93. The van der Waals surface area contributed by atoms with Crippen LogP contribution in [0.15, 0.2) is 35.4 Å². The Bertz CT molecular complexity index is 1040. The topological polar surface area (TPSA) is 89.0 Å². The number of ether oxygens (including phenoxy) is 1. The maximum Gasteiger partial charge on any atom is 0.326 e. The molecule has 1 aliphatic heterocycles. The van der Waals surface area contributed by atoms with Gasteiger partial charge >= 0.3 is 5.69 Å². The Labute approximate surface area is 147 Å². The van der Waals surface area contributed by atoms with Gasteiger partial charge in [-0.3, -0.25) is 14.3 Å². The van der Waals surface area contributed by atoms with E-state index in [1.165, 1.54) is 10.8 Å². The molecule has 25 heavy (non-hydrogen) atoms. The molecule has 2 aromatic heterocycles. The van der Waals surface area contributed by atoms with E-state index in [0.717, 1.165) is 5.56 Å². The summed E-state index contributed by atoms with van der Waals surface area (Å²) in [4.78, 5) is 31.5. The number of fused-ring (bicyclic) bond motifs is 2. The van der Waals surface area contributed by atoms with Gasteiger partial charge in [0.2, 0.25) is 5.91 Å². The Kier molecular flexibility index (Phi) is 3.73. The molecule has 0 bridgehead atoms. The first-order valence-electron chi connectivity index (χ1n) is 7.80. The predicted octanol–water partition coefficient (Wildman–Crippen LogP) is 2.42. The van der Waals surface area contributed by atoms with Crippen molar-refractivity contribution in [3.8, 4) is 5.75 Å². The van der Waals surface area contributed by atoms with Gasteiger partial charge in [-0.1, -0.05) is 11.6 Å². The number of nitrogens with one attached hydrogen (secondary N) is 2. The van der Waals surface area contributed by atoms with Crippen molar-refractivity contribution in [1.82, 2.24) is 14.5 Å². The third-order valence-electron chi connectivity index (χ3n) is 4.38. The minimum absolute atomic E-state index is 0.185. The van der Waals surface area contributed by atoms with Crippen LogP contribution in [-0.2, 0) is 11.8 Å². The van der Waals surface area contributed by atoms with Gasteiger partial charge in [0.25, 0.3) is 0 Å². The summed E-state index contributed by atoms with van der Waals surface area (Å²) in [6.45, 7) is 0.456. The van der Waals surface area contributed by atoms with E-state index >= 15 is 0 Å². The first-order chi connectivity index (χ1) is 12.0. The first-order valence-corrected chi connectivity index (χ1v) is 8.18. The highest BCUT2D eigenvalue weighted by Crippen LogP contribution is 2.36.